The molecule has 0 saturated carbocycles. The van der Waals surface area contributed by atoms with E-state index in [1.807, 2.05) is 19.9 Å². The van der Waals surface area contributed by atoms with Crippen molar-refractivity contribution < 1.29 is 4.79 Å². The minimum atomic E-state index is 0.163. The molecule has 1 amide bonds. The zero-order valence-electron chi connectivity index (χ0n) is 14.0. The van der Waals surface area contributed by atoms with Gasteiger partial charge in [-0.15, -0.1) is 0 Å². The molecule has 0 atom stereocenters. The van der Waals surface area contributed by atoms with Gasteiger partial charge in [0.25, 0.3) is 0 Å². The minimum absolute atomic E-state index is 0.163. The minimum Gasteiger partial charge on any atom is -0.330 e. The second-order valence-electron chi connectivity index (χ2n) is 5.81. The number of carbonyl (C=O) groups excluding carboxylic acids is 1. The van der Waals surface area contributed by atoms with Crippen LogP contribution in [0, 0.1) is 0 Å². The molecule has 0 aliphatic carbocycles. The Hall–Kier alpha value is -0.790. The van der Waals surface area contributed by atoms with E-state index in [4.69, 9.17) is 0 Å². The zero-order valence-corrected chi connectivity index (χ0v) is 14.0. The van der Waals surface area contributed by atoms with Gasteiger partial charge in [0, 0.05) is 12.1 Å². The molecule has 0 aliphatic heterocycles. The fourth-order valence-corrected chi connectivity index (χ4v) is 2.30. The highest BCUT2D eigenvalue weighted by Gasteiger charge is 2.00. The third kappa shape index (κ3) is 13.6. The molecule has 0 aliphatic rings. The Bertz CT molecular complexity index is 258. The molecule has 0 bridgehead atoms. The number of allylic oxidation sites excluding steroid dienone is 2. The van der Waals surface area contributed by atoms with E-state index >= 15 is 0 Å². The van der Waals surface area contributed by atoms with Crippen LogP contribution in [0.4, 0.5) is 0 Å². The molecular formula is C18H35NO. The number of nitrogens with one attached hydrogen (secondary N) is 1. The first-order valence-corrected chi connectivity index (χ1v) is 8.63. The monoisotopic (exact) mass is 281 g/mol. The van der Waals surface area contributed by atoms with Gasteiger partial charge in [-0.25, -0.2) is 0 Å². The lowest BCUT2D eigenvalue weighted by molar-refractivity contribution is -0.120. The van der Waals surface area contributed by atoms with E-state index in [0.717, 1.165) is 12.1 Å². The van der Waals surface area contributed by atoms with Crippen LogP contribution in [0.25, 0.3) is 0 Å². The number of rotatable bonds is 13. The number of hydrogen-bond acceptors (Lipinski definition) is 1. The summed E-state index contributed by atoms with van der Waals surface area (Å²) in [4.78, 5) is 11.5. The topological polar surface area (TPSA) is 29.1 Å². The van der Waals surface area contributed by atoms with E-state index in [9.17, 15) is 4.79 Å². The Labute approximate surface area is 126 Å². The van der Waals surface area contributed by atoms with Gasteiger partial charge in [0.2, 0.25) is 5.91 Å². The quantitative estimate of drug-likeness (QED) is 0.429. The van der Waals surface area contributed by atoms with Gasteiger partial charge in [0.05, 0.1) is 0 Å². The van der Waals surface area contributed by atoms with Gasteiger partial charge >= 0.3 is 0 Å². The van der Waals surface area contributed by atoms with Crippen LogP contribution in [0.3, 0.4) is 0 Å². The average molecular weight is 281 g/mol. The molecule has 2 nitrogen and oxygen atoms in total. The summed E-state index contributed by atoms with van der Waals surface area (Å²) in [6.45, 7) is 6.14. The number of unbranched alkanes of at least 4 members (excludes halogenated alkanes) is 10. The molecule has 0 unspecified atom stereocenters. The molecule has 0 radical (unpaired) electrons. The highest BCUT2D eigenvalue weighted by atomic mass is 16.1. The van der Waals surface area contributed by atoms with Gasteiger partial charge in [-0.3, -0.25) is 4.79 Å². The lowest BCUT2D eigenvalue weighted by Crippen LogP contribution is -2.20. The highest BCUT2D eigenvalue weighted by molar-refractivity contribution is 5.77. The van der Waals surface area contributed by atoms with Crippen molar-refractivity contribution >= 4 is 5.91 Å². The summed E-state index contributed by atoms with van der Waals surface area (Å²) >= 11 is 0. The highest BCUT2D eigenvalue weighted by Crippen LogP contribution is 2.11. The smallest absolute Gasteiger partial charge is 0.224 e. The predicted molar refractivity (Wildman–Crippen MR) is 88.7 cm³/mol. The molecule has 0 aromatic carbocycles. The van der Waals surface area contributed by atoms with Crippen molar-refractivity contribution in [1.29, 1.82) is 0 Å². The largest absolute Gasteiger partial charge is 0.330 e. The standard InChI is InChI=1S/C18H35NO/c1-4-6-7-8-9-10-11-12-13-14-15-16-18(20)19-17(3)5-2/h5H,4,6-16H2,1-3H3,(H,19,20). The van der Waals surface area contributed by atoms with Crippen LogP contribution < -0.4 is 5.32 Å². The van der Waals surface area contributed by atoms with Crippen LogP contribution in [-0.4, -0.2) is 5.91 Å². The third-order valence-electron chi connectivity index (χ3n) is 3.78. The number of amides is 1. The molecule has 0 spiro atoms. The van der Waals surface area contributed by atoms with Crippen LogP contribution in [0.5, 0.6) is 0 Å². The van der Waals surface area contributed by atoms with Crippen molar-refractivity contribution in [2.75, 3.05) is 0 Å². The summed E-state index contributed by atoms with van der Waals surface area (Å²) in [5.74, 6) is 0.163. The number of hydrogen-bond donors (Lipinski definition) is 1. The van der Waals surface area contributed by atoms with Gasteiger partial charge in [-0.05, 0) is 20.3 Å². The van der Waals surface area contributed by atoms with Crippen LogP contribution in [0.2, 0.25) is 0 Å². The molecule has 0 heterocycles. The SMILES string of the molecule is CC=C(C)NC(=O)CCCCCCCCCCCCC. The van der Waals surface area contributed by atoms with E-state index in [1.54, 1.807) is 0 Å². The van der Waals surface area contributed by atoms with Crippen molar-refractivity contribution in [3.8, 4) is 0 Å². The van der Waals surface area contributed by atoms with E-state index in [0.29, 0.717) is 6.42 Å². The molecule has 118 valence electrons. The zero-order chi connectivity index (χ0) is 15.1. The lowest BCUT2D eigenvalue weighted by atomic mass is 10.1. The Kier molecular flexibility index (Phi) is 14.0. The second-order valence-corrected chi connectivity index (χ2v) is 5.81. The van der Waals surface area contributed by atoms with Gasteiger partial charge in [-0.2, -0.15) is 0 Å². The number of carbonyl (C=O) groups is 1. The van der Waals surface area contributed by atoms with Gasteiger partial charge < -0.3 is 5.32 Å². The van der Waals surface area contributed by atoms with Crippen molar-refractivity contribution in [2.24, 2.45) is 0 Å². The van der Waals surface area contributed by atoms with Gasteiger partial charge in [0.15, 0.2) is 0 Å². The van der Waals surface area contributed by atoms with Crippen molar-refractivity contribution in [3.05, 3.63) is 11.8 Å². The molecule has 0 saturated heterocycles. The van der Waals surface area contributed by atoms with Crippen LogP contribution in [0.1, 0.15) is 97.8 Å². The molecule has 2 heteroatoms. The summed E-state index contributed by atoms with van der Waals surface area (Å²) in [7, 11) is 0. The maximum absolute atomic E-state index is 11.5. The summed E-state index contributed by atoms with van der Waals surface area (Å²) in [6, 6.07) is 0. The van der Waals surface area contributed by atoms with Crippen molar-refractivity contribution in [2.45, 2.75) is 97.8 Å². The Balaban J connectivity index is 3.18. The predicted octanol–water partition coefficient (Wildman–Crippen LogP) is 5.73. The first-order valence-electron chi connectivity index (χ1n) is 8.63. The molecule has 0 aromatic heterocycles. The second kappa shape index (κ2) is 14.6. The van der Waals surface area contributed by atoms with Gasteiger partial charge in [0.1, 0.15) is 0 Å². The molecule has 20 heavy (non-hydrogen) atoms. The van der Waals surface area contributed by atoms with E-state index in [1.165, 1.54) is 64.2 Å². The molecule has 0 rings (SSSR count). The van der Waals surface area contributed by atoms with E-state index in [-0.39, 0.29) is 5.91 Å². The average Bonchev–Trinajstić information content (AvgIpc) is 2.44. The van der Waals surface area contributed by atoms with Crippen LogP contribution >= 0.6 is 0 Å². The normalized spacial score (nSPS) is 11.7. The Morgan fingerprint density at radius 3 is 1.75 bits per heavy atom. The molecule has 1 N–H and O–H groups in total. The van der Waals surface area contributed by atoms with Crippen LogP contribution in [-0.2, 0) is 4.79 Å². The molecule has 0 fully saturated rings. The molecular weight excluding hydrogens is 246 g/mol. The molecule has 0 aromatic rings. The Morgan fingerprint density at radius 2 is 1.30 bits per heavy atom. The van der Waals surface area contributed by atoms with E-state index < -0.39 is 0 Å². The fraction of sp³-hybridized carbons (Fsp3) is 0.833. The first kappa shape index (κ1) is 19.2. The van der Waals surface area contributed by atoms with Crippen molar-refractivity contribution in [3.63, 3.8) is 0 Å². The lowest BCUT2D eigenvalue weighted by Gasteiger charge is -2.05. The summed E-state index contributed by atoms with van der Waals surface area (Å²) in [5.41, 5.74) is 0.957. The summed E-state index contributed by atoms with van der Waals surface area (Å²) in [6.07, 6.45) is 17.2. The maximum atomic E-state index is 11.5. The fourth-order valence-electron chi connectivity index (χ4n) is 2.30. The summed E-state index contributed by atoms with van der Waals surface area (Å²) < 4.78 is 0. The van der Waals surface area contributed by atoms with E-state index in [2.05, 4.69) is 12.2 Å². The first-order chi connectivity index (χ1) is 9.70. The Morgan fingerprint density at radius 1 is 0.850 bits per heavy atom. The van der Waals surface area contributed by atoms with Crippen LogP contribution in [0.15, 0.2) is 11.8 Å². The van der Waals surface area contributed by atoms with Crippen molar-refractivity contribution in [1.82, 2.24) is 5.32 Å². The third-order valence-corrected chi connectivity index (χ3v) is 3.78. The maximum Gasteiger partial charge on any atom is 0.224 e. The summed E-state index contributed by atoms with van der Waals surface area (Å²) in [5, 5.41) is 2.89. The van der Waals surface area contributed by atoms with Gasteiger partial charge in [-0.1, -0.05) is 77.2 Å².